The Morgan fingerprint density at radius 1 is 1.04 bits per heavy atom. The van der Waals surface area contributed by atoms with Crippen LogP contribution in [-0.2, 0) is 10.3 Å². The summed E-state index contributed by atoms with van der Waals surface area (Å²) in [6.07, 6.45) is 9.59. The van der Waals surface area contributed by atoms with E-state index in [1.807, 2.05) is 12.1 Å². The highest BCUT2D eigenvalue weighted by Gasteiger charge is 2.43. The third-order valence-electron chi connectivity index (χ3n) is 7.00. The lowest BCUT2D eigenvalue weighted by Crippen LogP contribution is -2.52. The van der Waals surface area contributed by atoms with Crippen molar-refractivity contribution in [3.05, 3.63) is 35.6 Å². The second-order valence-corrected chi connectivity index (χ2v) is 8.48. The summed E-state index contributed by atoms with van der Waals surface area (Å²) in [4.78, 5) is 13.1. The molecule has 0 saturated heterocycles. The van der Waals surface area contributed by atoms with Gasteiger partial charge in [-0.25, -0.2) is 4.39 Å². The van der Waals surface area contributed by atoms with Crippen LogP contribution in [0, 0.1) is 23.6 Å². The van der Waals surface area contributed by atoms with Crippen LogP contribution in [0.1, 0.15) is 63.4 Å². The van der Waals surface area contributed by atoms with Crippen LogP contribution in [-0.4, -0.2) is 11.9 Å². The first-order valence-corrected chi connectivity index (χ1v) is 9.91. The molecule has 4 rings (SSSR count). The van der Waals surface area contributed by atoms with E-state index >= 15 is 0 Å². The van der Waals surface area contributed by atoms with Crippen molar-refractivity contribution in [1.29, 1.82) is 0 Å². The van der Waals surface area contributed by atoms with Gasteiger partial charge in [0, 0.05) is 12.0 Å². The minimum Gasteiger partial charge on any atom is -0.346 e. The van der Waals surface area contributed by atoms with E-state index in [-0.39, 0.29) is 29.2 Å². The summed E-state index contributed by atoms with van der Waals surface area (Å²) in [5.41, 5.74) is 7.12. The van der Waals surface area contributed by atoms with Crippen LogP contribution in [0.15, 0.2) is 24.3 Å². The SMILES string of the molecule is NC1C2CCCC1CC(C(=O)NC1(c3ccc(F)cc3)CCCC1)C2. The van der Waals surface area contributed by atoms with E-state index in [1.165, 1.54) is 31.4 Å². The molecule has 1 amide bonds. The molecule has 0 spiro atoms. The molecule has 3 N–H and O–H groups in total. The number of nitrogens with two attached hydrogens (primary N) is 1. The number of hydrogen-bond donors (Lipinski definition) is 2. The summed E-state index contributed by atoms with van der Waals surface area (Å²) < 4.78 is 13.3. The van der Waals surface area contributed by atoms with E-state index in [0.717, 1.165) is 44.1 Å². The zero-order chi connectivity index (χ0) is 17.4. The second-order valence-electron chi connectivity index (χ2n) is 8.48. The van der Waals surface area contributed by atoms with Gasteiger partial charge in [0.15, 0.2) is 0 Å². The van der Waals surface area contributed by atoms with E-state index in [4.69, 9.17) is 5.73 Å². The van der Waals surface area contributed by atoms with Crippen molar-refractivity contribution in [3.8, 4) is 0 Å². The topological polar surface area (TPSA) is 55.1 Å². The summed E-state index contributed by atoms with van der Waals surface area (Å²) in [7, 11) is 0. The van der Waals surface area contributed by atoms with Crippen molar-refractivity contribution in [2.45, 2.75) is 69.4 Å². The van der Waals surface area contributed by atoms with E-state index in [2.05, 4.69) is 5.32 Å². The summed E-state index contributed by atoms with van der Waals surface area (Å²) >= 11 is 0. The van der Waals surface area contributed by atoms with Crippen LogP contribution >= 0.6 is 0 Å². The average Bonchev–Trinajstić information content (AvgIpc) is 3.04. The molecule has 0 aliphatic heterocycles. The van der Waals surface area contributed by atoms with Crippen LogP contribution in [0.2, 0.25) is 0 Å². The van der Waals surface area contributed by atoms with Gasteiger partial charge in [-0.15, -0.1) is 0 Å². The quantitative estimate of drug-likeness (QED) is 0.875. The highest BCUT2D eigenvalue weighted by molar-refractivity contribution is 5.80. The Bertz CT molecular complexity index is 609. The first kappa shape index (κ1) is 17.0. The van der Waals surface area contributed by atoms with Crippen molar-refractivity contribution in [1.82, 2.24) is 5.32 Å². The Morgan fingerprint density at radius 2 is 1.64 bits per heavy atom. The molecule has 0 radical (unpaired) electrons. The van der Waals surface area contributed by atoms with Gasteiger partial charge in [-0.1, -0.05) is 31.4 Å². The molecule has 2 atom stereocenters. The fourth-order valence-corrected chi connectivity index (χ4v) is 5.57. The minimum atomic E-state index is -0.306. The number of carbonyl (C=O) groups excluding carboxylic acids is 1. The number of carbonyl (C=O) groups is 1. The van der Waals surface area contributed by atoms with Crippen LogP contribution < -0.4 is 11.1 Å². The Kier molecular flexibility index (Phi) is 4.57. The Labute approximate surface area is 149 Å². The summed E-state index contributed by atoms with van der Waals surface area (Å²) in [6.45, 7) is 0. The monoisotopic (exact) mass is 344 g/mol. The highest BCUT2D eigenvalue weighted by Crippen LogP contribution is 2.43. The van der Waals surface area contributed by atoms with Crippen molar-refractivity contribution < 1.29 is 9.18 Å². The molecule has 1 aromatic rings. The molecule has 1 aromatic carbocycles. The smallest absolute Gasteiger partial charge is 0.223 e. The van der Waals surface area contributed by atoms with Gasteiger partial charge in [-0.2, -0.15) is 0 Å². The van der Waals surface area contributed by atoms with Crippen LogP contribution in [0.25, 0.3) is 0 Å². The third kappa shape index (κ3) is 3.21. The molecule has 3 saturated carbocycles. The van der Waals surface area contributed by atoms with Gasteiger partial charge in [-0.05, 0) is 68.1 Å². The summed E-state index contributed by atoms with van der Waals surface area (Å²) in [5, 5.41) is 3.40. The van der Waals surface area contributed by atoms with Crippen LogP contribution in [0.3, 0.4) is 0 Å². The Balaban J connectivity index is 1.51. The van der Waals surface area contributed by atoms with Crippen molar-refractivity contribution >= 4 is 5.91 Å². The molecule has 0 aromatic heterocycles. The van der Waals surface area contributed by atoms with Gasteiger partial charge >= 0.3 is 0 Å². The number of benzene rings is 1. The average molecular weight is 344 g/mol. The van der Waals surface area contributed by atoms with Gasteiger partial charge in [-0.3, -0.25) is 4.79 Å². The maximum absolute atomic E-state index is 13.3. The Hall–Kier alpha value is -1.42. The molecule has 136 valence electrons. The van der Waals surface area contributed by atoms with Crippen LogP contribution in [0.4, 0.5) is 4.39 Å². The van der Waals surface area contributed by atoms with Gasteiger partial charge in [0.2, 0.25) is 5.91 Å². The third-order valence-corrected chi connectivity index (χ3v) is 7.00. The van der Waals surface area contributed by atoms with E-state index in [1.54, 1.807) is 0 Å². The van der Waals surface area contributed by atoms with E-state index < -0.39 is 0 Å². The molecule has 3 fully saturated rings. The van der Waals surface area contributed by atoms with Gasteiger partial charge < -0.3 is 11.1 Å². The maximum atomic E-state index is 13.3. The molecule has 25 heavy (non-hydrogen) atoms. The van der Waals surface area contributed by atoms with Gasteiger partial charge in [0.05, 0.1) is 5.54 Å². The normalized spacial score (nSPS) is 33.8. The van der Waals surface area contributed by atoms with Crippen molar-refractivity contribution in [2.24, 2.45) is 23.5 Å². The number of halogens is 1. The lowest BCUT2D eigenvalue weighted by Gasteiger charge is -2.44. The molecular formula is C21H29FN2O. The number of nitrogens with one attached hydrogen (secondary N) is 1. The first-order valence-electron chi connectivity index (χ1n) is 9.91. The summed E-state index contributed by atoms with van der Waals surface area (Å²) in [6, 6.07) is 6.98. The highest BCUT2D eigenvalue weighted by atomic mass is 19.1. The fraction of sp³-hybridized carbons (Fsp3) is 0.667. The molecular weight excluding hydrogens is 315 g/mol. The number of amides is 1. The molecule has 3 nitrogen and oxygen atoms in total. The number of rotatable bonds is 3. The predicted molar refractivity (Wildman–Crippen MR) is 96.2 cm³/mol. The molecule has 3 aliphatic rings. The lowest BCUT2D eigenvalue weighted by molar-refractivity contribution is -0.130. The second kappa shape index (κ2) is 6.71. The van der Waals surface area contributed by atoms with Gasteiger partial charge in [0.25, 0.3) is 0 Å². The number of fused-ring (bicyclic) bond motifs is 2. The number of hydrogen-bond acceptors (Lipinski definition) is 2. The first-order chi connectivity index (χ1) is 12.1. The predicted octanol–water partition coefficient (Wildman–Crippen LogP) is 3.86. The lowest BCUT2D eigenvalue weighted by atomic mass is 9.65. The fourth-order valence-electron chi connectivity index (χ4n) is 5.57. The maximum Gasteiger partial charge on any atom is 0.223 e. The molecule has 3 aliphatic carbocycles. The molecule has 4 heteroatoms. The van der Waals surface area contributed by atoms with Crippen molar-refractivity contribution in [2.75, 3.05) is 0 Å². The minimum absolute atomic E-state index is 0.0908. The Morgan fingerprint density at radius 3 is 2.24 bits per heavy atom. The largest absolute Gasteiger partial charge is 0.346 e. The molecule has 0 heterocycles. The summed E-state index contributed by atoms with van der Waals surface area (Å²) in [5.74, 6) is 1.07. The standard InChI is InChI=1S/C21H29FN2O/c22-18-8-6-17(7-9-18)21(10-1-2-11-21)24-20(25)16-12-14-4-3-5-15(13-16)19(14)23/h6-9,14-16,19H,1-5,10-13,23H2,(H,24,25). The zero-order valence-electron chi connectivity index (χ0n) is 14.8. The molecule has 2 unspecified atom stereocenters. The van der Waals surface area contributed by atoms with E-state index in [0.29, 0.717) is 11.8 Å². The zero-order valence-corrected chi connectivity index (χ0v) is 14.8. The van der Waals surface area contributed by atoms with Crippen molar-refractivity contribution in [3.63, 3.8) is 0 Å². The van der Waals surface area contributed by atoms with E-state index in [9.17, 15) is 9.18 Å². The van der Waals surface area contributed by atoms with Gasteiger partial charge in [0.1, 0.15) is 5.82 Å². The molecule has 2 bridgehead atoms. The van der Waals surface area contributed by atoms with Crippen LogP contribution in [0.5, 0.6) is 0 Å².